The normalized spacial score (nSPS) is 12.1. The van der Waals surface area contributed by atoms with Gasteiger partial charge in [0.2, 0.25) is 0 Å². The summed E-state index contributed by atoms with van der Waals surface area (Å²) in [5.74, 6) is 1.23. The highest BCUT2D eigenvalue weighted by Crippen LogP contribution is 2.35. The Balaban J connectivity index is 2.00. The first-order chi connectivity index (χ1) is 15.1. The summed E-state index contributed by atoms with van der Waals surface area (Å²) in [6.07, 6.45) is 4.20. The van der Waals surface area contributed by atoms with Crippen LogP contribution in [0.2, 0.25) is 5.02 Å². The molecule has 0 fully saturated rings. The summed E-state index contributed by atoms with van der Waals surface area (Å²) in [5, 5.41) is 5.48. The molecule has 32 heavy (non-hydrogen) atoms. The first kappa shape index (κ1) is 24.9. The van der Waals surface area contributed by atoms with Gasteiger partial charge in [0.05, 0.1) is 33.2 Å². The highest BCUT2D eigenvalue weighted by molar-refractivity contribution is 9.10. The molecular weight excluding hydrogens is 558 g/mol. The smallest absolute Gasteiger partial charge is 0.282 e. The van der Waals surface area contributed by atoms with Crippen LogP contribution in [0.15, 0.2) is 49.2 Å². The average molecular weight is 584 g/mol. The maximum Gasteiger partial charge on any atom is 0.282 e. The minimum absolute atomic E-state index is 0.0109. The number of ether oxygens (including phenoxy) is 1. The lowest BCUT2D eigenvalue weighted by Crippen LogP contribution is -2.22. The zero-order chi connectivity index (χ0) is 23.5. The van der Waals surface area contributed by atoms with E-state index < -0.39 is 0 Å². The topological polar surface area (TPSA) is 56.5 Å². The van der Waals surface area contributed by atoms with E-state index in [1.165, 1.54) is 4.68 Å². The van der Waals surface area contributed by atoms with E-state index in [2.05, 4.69) is 64.7 Å². The first-order valence-corrected chi connectivity index (χ1v) is 12.4. The summed E-state index contributed by atoms with van der Waals surface area (Å²) in [5.41, 5.74) is 1.22. The van der Waals surface area contributed by atoms with E-state index >= 15 is 0 Å². The Morgan fingerprint density at radius 2 is 1.97 bits per heavy atom. The molecule has 0 saturated heterocycles. The summed E-state index contributed by atoms with van der Waals surface area (Å²) in [6.45, 7) is 8.93. The van der Waals surface area contributed by atoms with Crippen LogP contribution >= 0.6 is 43.5 Å². The van der Waals surface area contributed by atoms with Crippen molar-refractivity contribution in [3.05, 3.63) is 66.0 Å². The molecule has 0 radical (unpaired) electrons. The van der Waals surface area contributed by atoms with Crippen LogP contribution in [0.5, 0.6) is 5.75 Å². The number of benzene rings is 2. The Kier molecular flexibility index (Phi) is 8.17. The molecule has 3 aromatic rings. The molecule has 0 aliphatic carbocycles. The van der Waals surface area contributed by atoms with E-state index in [1.54, 1.807) is 18.3 Å². The van der Waals surface area contributed by atoms with Gasteiger partial charge in [0.1, 0.15) is 5.82 Å². The molecule has 0 spiro atoms. The van der Waals surface area contributed by atoms with E-state index in [4.69, 9.17) is 21.3 Å². The third-order valence-corrected chi connectivity index (χ3v) is 5.98. The minimum atomic E-state index is -0.200. The number of fused-ring (bicyclic) bond motifs is 1. The number of aryl methyl sites for hydroxylation is 1. The molecule has 0 bridgehead atoms. The number of halogens is 3. The standard InChI is InChI=1S/C24H26Br2ClN3O2/c1-5-6-7-21-29-20-9-8-16(25)12-17(20)23(31)30(21)28-13-15-10-18(26)22(19(27)11-15)32-14-24(2,3)4/h8-13H,5-7,14H2,1-4H3. The van der Waals surface area contributed by atoms with Gasteiger partial charge in [-0.25, -0.2) is 4.98 Å². The van der Waals surface area contributed by atoms with E-state index in [0.717, 1.165) is 27.4 Å². The molecule has 0 atom stereocenters. The molecule has 1 aromatic heterocycles. The predicted molar refractivity (Wildman–Crippen MR) is 139 cm³/mol. The molecule has 0 amide bonds. The molecule has 3 rings (SSSR count). The molecule has 0 aliphatic heterocycles. The Hall–Kier alpha value is -1.70. The van der Waals surface area contributed by atoms with Crippen molar-refractivity contribution in [2.45, 2.75) is 47.0 Å². The highest BCUT2D eigenvalue weighted by atomic mass is 79.9. The SMILES string of the molecule is CCCCc1nc2ccc(Br)cc2c(=O)n1N=Cc1cc(Cl)c(OCC(C)(C)C)c(Br)c1. The molecule has 0 unspecified atom stereocenters. The number of hydrogen-bond acceptors (Lipinski definition) is 4. The van der Waals surface area contributed by atoms with Crippen molar-refractivity contribution in [2.75, 3.05) is 6.61 Å². The molecule has 5 nitrogen and oxygen atoms in total. The fourth-order valence-corrected chi connectivity index (χ4v) is 4.37. The Labute approximate surface area is 210 Å². The quantitative estimate of drug-likeness (QED) is 0.276. The second-order valence-corrected chi connectivity index (χ2v) is 11.0. The van der Waals surface area contributed by atoms with Crippen LogP contribution in [-0.4, -0.2) is 22.5 Å². The van der Waals surface area contributed by atoms with Crippen molar-refractivity contribution >= 4 is 60.6 Å². The van der Waals surface area contributed by atoms with Crippen molar-refractivity contribution < 1.29 is 4.74 Å². The van der Waals surface area contributed by atoms with Gasteiger partial charge in [0.25, 0.3) is 5.56 Å². The van der Waals surface area contributed by atoms with Gasteiger partial charge in [-0.05, 0) is 63.7 Å². The van der Waals surface area contributed by atoms with Crippen LogP contribution in [0, 0.1) is 5.41 Å². The van der Waals surface area contributed by atoms with Crippen LogP contribution in [-0.2, 0) is 6.42 Å². The fourth-order valence-electron chi connectivity index (χ4n) is 3.02. The molecule has 8 heteroatoms. The van der Waals surface area contributed by atoms with E-state index in [-0.39, 0.29) is 11.0 Å². The maximum absolute atomic E-state index is 13.2. The lowest BCUT2D eigenvalue weighted by Gasteiger charge is -2.20. The van der Waals surface area contributed by atoms with Crippen LogP contribution in [0.4, 0.5) is 0 Å². The predicted octanol–water partition coefficient (Wildman–Crippen LogP) is 7.22. The number of rotatable bonds is 7. The van der Waals surface area contributed by atoms with Crippen molar-refractivity contribution in [2.24, 2.45) is 10.5 Å². The number of unbranched alkanes of at least 4 members (excludes halogenated alkanes) is 1. The molecule has 2 aromatic carbocycles. The fraction of sp³-hybridized carbons (Fsp3) is 0.375. The van der Waals surface area contributed by atoms with Crippen molar-refractivity contribution in [3.8, 4) is 5.75 Å². The zero-order valence-electron chi connectivity index (χ0n) is 18.6. The highest BCUT2D eigenvalue weighted by Gasteiger charge is 2.15. The van der Waals surface area contributed by atoms with Crippen LogP contribution in [0.3, 0.4) is 0 Å². The van der Waals surface area contributed by atoms with Gasteiger partial charge >= 0.3 is 0 Å². The van der Waals surface area contributed by atoms with Crippen LogP contribution in [0.25, 0.3) is 10.9 Å². The van der Waals surface area contributed by atoms with E-state index in [1.807, 2.05) is 18.2 Å². The van der Waals surface area contributed by atoms with Crippen LogP contribution < -0.4 is 10.3 Å². The zero-order valence-corrected chi connectivity index (χ0v) is 22.5. The Bertz CT molecular complexity index is 1190. The summed E-state index contributed by atoms with van der Waals surface area (Å²) in [6, 6.07) is 9.15. The first-order valence-electron chi connectivity index (χ1n) is 10.5. The maximum atomic E-state index is 13.2. The lowest BCUT2D eigenvalue weighted by molar-refractivity contribution is 0.197. The second kappa shape index (κ2) is 10.5. The lowest BCUT2D eigenvalue weighted by atomic mass is 9.99. The van der Waals surface area contributed by atoms with Gasteiger partial charge in [-0.15, -0.1) is 0 Å². The van der Waals surface area contributed by atoms with Crippen molar-refractivity contribution in [3.63, 3.8) is 0 Å². The molecule has 1 heterocycles. The Morgan fingerprint density at radius 1 is 1.22 bits per heavy atom. The monoisotopic (exact) mass is 581 g/mol. The summed E-state index contributed by atoms with van der Waals surface area (Å²) in [4.78, 5) is 17.9. The third-order valence-electron chi connectivity index (χ3n) is 4.62. The molecule has 0 aliphatic rings. The van der Waals surface area contributed by atoms with Crippen molar-refractivity contribution in [1.82, 2.24) is 9.66 Å². The van der Waals surface area contributed by atoms with Gasteiger partial charge in [-0.2, -0.15) is 9.78 Å². The molecular formula is C24H26Br2ClN3O2. The number of aromatic nitrogens is 2. The molecule has 0 N–H and O–H groups in total. The van der Waals surface area contributed by atoms with Crippen LogP contribution in [0.1, 0.15) is 51.9 Å². The number of nitrogens with zero attached hydrogens (tertiary/aromatic N) is 3. The average Bonchev–Trinajstić information content (AvgIpc) is 2.70. The minimum Gasteiger partial charge on any atom is -0.490 e. The third kappa shape index (κ3) is 6.21. The molecule has 0 saturated carbocycles. The largest absolute Gasteiger partial charge is 0.490 e. The van der Waals surface area contributed by atoms with E-state index in [0.29, 0.717) is 40.5 Å². The number of hydrogen-bond donors (Lipinski definition) is 0. The van der Waals surface area contributed by atoms with Gasteiger partial charge in [-0.3, -0.25) is 4.79 Å². The van der Waals surface area contributed by atoms with Crippen molar-refractivity contribution in [1.29, 1.82) is 0 Å². The molecule has 170 valence electrons. The summed E-state index contributed by atoms with van der Waals surface area (Å²) < 4.78 is 8.84. The Morgan fingerprint density at radius 3 is 2.62 bits per heavy atom. The van der Waals surface area contributed by atoms with E-state index in [9.17, 15) is 4.79 Å². The summed E-state index contributed by atoms with van der Waals surface area (Å²) in [7, 11) is 0. The second-order valence-electron chi connectivity index (χ2n) is 8.82. The van der Waals surface area contributed by atoms with Gasteiger partial charge in [-0.1, -0.05) is 61.6 Å². The summed E-state index contributed by atoms with van der Waals surface area (Å²) >= 11 is 13.4. The van der Waals surface area contributed by atoms with Gasteiger partial charge in [0.15, 0.2) is 5.75 Å². The van der Waals surface area contributed by atoms with Gasteiger partial charge in [0, 0.05) is 10.9 Å². The van der Waals surface area contributed by atoms with Gasteiger partial charge < -0.3 is 4.74 Å².